The van der Waals surface area contributed by atoms with Gasteiger partial charge in [0.2, 0.25) is 0 Å². The molecule has 2 fully saturated rings. The molecule has 0 spiro atoms. The van der Waals surface area contributed by atoms with Crippen LogP contribution in [0.3, 0.4) is 0 Å². The maximum atomic E-state index is 8.88. The van der Waals surface area contributed by atoms with Crippen LogP contribution in [0.5, 0.6) is 0 Å². The van der Waals surface area contributed by atoms with E-state index in [1.807, 2.05) is 0 Å². The first-order chi connectivity index (χ1) is 7.81. The second kappa shape index (κ2) is 5.96. The van der Waals surface area contributed by atoms with Crippen LogP contribution in [0.1, 0.15) is 32.1 Å². The van der Waals surface area contributed by atoms with Crippen LogP contribution in [0.15, 0.2) is 0 Å². The van der Waals surface area contributed by atoms with Gasteiger partial charge in [-0.25, -0.2) is 0 Å². The molecular formula is C12H24N2O2. The number of nitrogens with two attached hydrogens (primary N) is 1. The van der Waals surface area contributed by atoms with E-state index in [1.54, 1.807) is 0 Å². The first-order valence-corrected chi connectivity index (χ1v) is 6.53. The van der Waals surface area contributed by atoms with Gasteiger partial charge in [-0.15, -0.1) is 0 Å². The van der Waals surface area contributed by atoms with Gasteiger partial charge in [-0.05, 0) is 19.3 Å². The molecule has 1 saturated heterocycles. The molecule has 94 valence electrons. The number of nitrogens with zero attached hydrogens (tertiary/aromatic N) is 1. The van der Waals surface area contributed by atoms with Gasteiger partial charge in [0.15, 0.2) is 0 Å². The number of aliphatic hydroxyl groups is 1. The van der Waals surface area contributed by atoms with Crippen molar-refractivity contribution in [3.8, 4) is 0 Å². The Hall–Kier alpha value is -0.160. The van der Waals surface area contributed by atoms with E-state index in [1.165, 1.54) is 25.7 Å². The smallest absolute Gasteiger partial charge is 0.0730 e. The number of rotatable bonds is 4. The van der Waals surface area contributed by atoms with Crippen LogP contribution >= 0.6 is 0 Å². The number of ether oxygens (including phenoxy) is 1. The van der Waals surface area contributed by atoms with Gasteiger partial charge in [-0.1, -0.05) is 12.8 Å². The molecule has 2 rings (SSSR count). The zero-order valence-corrected chi connectivity index (χ0v) is 9.98. The van der Waals surface area contributed by atoms with Gasteiger partial charge in [0, 0.05) is 31.8 Å². The molecule has 0 amide bonds. The molecule has 0 aromatic rings. The Labute approximate surface area is 97.7 Å². The Balaban J connectivity index is 1.87. The van der Waals surface area contributed by atoms with Crippen molar-refractivity contribution in [2.75, 3.05) is 26.3 Å². The molecule has 4 heteroatoms. The van der Waals surface area contributed by atoms with E-state index in [4.69, 9.17) is 15.6 Å². The summed E-state index contributed by atoms with van der Waals surface area (Å²) in [4.78, 5) is 2.48. The zero-order valence-electron chi connectivity index (χ0n) is 9.98. The van der Waals surface area contributed by atoms with Crippen molar-refractivity contribution in [3.63, 3.8) is 0 Å². The molecule has 1 heterocycles. The number of hydrogen-bond acceptors (Lipinski definition) is 4. The summed E-state index contributed by atoms with van der Waals surface area (Å²) in [7, 11) is 0. The van der Waals surface area contributed by atoms with E-state index >= 15 is 0 Å². The first kappa shape index (κ1) is 12.3. The average molecular weight is 228 g/mol. The molecule has 3 atom stereocenters. The van der Waals surface area contributed by atoms with Gasteiger partial charge in [-0.2, -0.15) is 0 Å². The third-order valence-corrected chi connectivity index (χ3v) is 3.82. The Bertz CT molecular complexity index is 211. The zero-order chi connectivity index (χ0) is 11.4. The fourth-order valence-electron chi connectivity index (χ4n) is 2.96. The monoisotopic (exact) mass is 228 g/mol. The highest BCUT2D eigenvalue weighted by atomic mass is 16.5. The van der Waals surface area contributed by atoms with Crippen molar-refractivity contribution in [1.82, 2.24) is 4.90 Å². The normalized spacial score (nSPS) is 33.4. The summed E-state index contributed by atoms with van der Waals surface area (Å²) < 4.78 is 5.82. The number of hydrogen-bond donors (Lipinski definition) is 2. The van der Waals surface area contributed by atoms with Gasteiger partial charge in [0.05, 0.1) is 12.7 Å². The molecule has 2 aliphatic rings. The van der Waals surface area contributed by atoms with Crippen LogP contribution in [0.2, 0.25) is 0 Å². The van der Waals surface area contributed by atoms with Crippen molar-refractivity contribution in [1.29, 1.82) is 0 Å². The van der Waals surface area contributed by atoms with Crippen molar-refractivity contribution in [2.45, 2.75) is 50.3 Å². The van der Waals surface area contributed by atoms with Crippen LogP contribution in [-0.4, -0.2) is 54.5 Å². The lowest BCUT2D eigenvalue weighted by Gasteiger charge is -2.44. The lowest BCUT2D eigenvalue weighted by atomic mass is 9.90. The lowest BCUT2D eigenvalue weighted by Crippen LogP contribution is -2.55. The van der Waals surface area contributed by atoms with Gasteiger partial charge in [0.1, 0.15) is 0 Å². The van der Waals surface area contributed by atoms with Crippen molar-refractivity contribution in [3.05, 3.63) is 0 Å². The first-order valence-electron chi connectivity index (χ1n) is 6.53. The number of morpholine rings is 1. The predicted octanol–water partition coefficient (Wildman–Crippen LogP) is 0.339. The molecule has 4 nitrogen and oxygen atoms in total. The summed E-state index contributed by atoms with van der Waals surface area (Å²) in [6.07, 6.45) is 6.21. The van der Waals surface area contributed by atoms with E-state index in [0.29, 0.717) is 18.6 Å². The average Bonchev–Trinajstić information content (AvgIpc) is 2.30. The summed E-state index contributed by atoms with van der Waals surface area (Å²) in [5.74, 6) is 0. The number of fused-ring (bicyclic) bond motifs is 1. The Kier molecular flexibility index (Phi) is 4.58. The minimum Gasteiger partial charge on any atom is -0.396 e. The second-order valence-corrected chi connectivity index (χ2v) is 5.03. The molecule has 16 heavy (non-hydrogen) atoms. The topological polar surface area (TPSA) is 58.7 Å². The van der Waals surface area contributed by atoms with Gasteiger partial charge >= 0.3 is 0 Å². The van der Waals surface area contributed by atoms with Crippen LogP contribution < -0.4 is 5.73 Å². The fourth-order valence-corrected chi connectivity index (χ4v) is 2.96. The predicted molar refractivity (Wildman–Crippen MR) is 63.2 cm³/mol. The van der Waals surface area contributed by atoms with Crippen LogP contribution in [-0.2, 0) is 4.74 Å². The summed E-state index contributed by atoms with van der Waals surface area (Å²) in [5, 5.41) is 8.88. The second-order valence-electron chi connectivity index (χ2n) is 5.03. The highest BCUT2D eigenvalue weighted by Gasteiger charge is 2.34. The lowest BCUT2D eigenvalue weighted by molar-refractivity contribution is -0.0896. The van der Waals surface area contributed by atoms with Crippen LogP contribution in [0.4, 0.5) is 0 Å². The molecule has 0 radical (unpaired) electrons. The molecule has 0 aromatic heterocycles. The highest BCUT2D eigenvalue weighted by Crippen LogP contribution is 2.28. The molecule has 3 N–H and O–H groups in total. The van der Waals surface area contributed by atoms with E-state index in [-0.39, 0.29) is 12.6 Å². The van der Waals surface area contributed by atoms with Crippen molar-refractivity contribution in [2.24, 2.45) is 5.73 Å². The van der Waals surface area contributed by atoms with E-state index < -0.39 is 0 Å². The number of aliphatic hydroxyl groups excluding tert-OH is 1. The third kappa shape index (κ3) is 2.94. The van der Waals surface area contributed by atoms with Crippen LogP contribution in [0, 0.1) is 0 Å². The quantitative estimate of drug-likeness (QED) is 0.728. The van der Waals surface area contributed by atoms with Gasteiger partial charge in [0.25, 0.3) is 0 Å². The molecular weight excluding hydrogens is 204 g/mol. The molecule has 1 aliphatic heterocycles. The van der Waals surface area contributed by atoms with E-state index in [2.05, 4.69) is 4.90 Å². The maximum Gasteiger partial charge on any atom is 0.0730 e. The molecule has 1 aliphatic carbocycles. The largest absolute Gasteiger partial charge is 0.396 e. The molecule has 1 saturated carbocycles. The SMILES string of the molecule is NC(CCO)CN1CCOC2CCCCC21. The third-order valence-electron chi connectivity index (χ3n) is 3.82. The minimum absolute atomic E-state index is 0.102. The summed E-state index contributed by atoms with van der Waals surface area (Å²) in [5.41, 5.74) is 5.99. The standard InChI is InChI=1S/C12H24N2O2/c13-10(5-7-15)9-14-6-8-16-12-4-2-1-3-11(12)14/h10-12,15H,1-9,13H2. The van der Waals surface area contributed by atoms with E-state index in [9.17, 15) is 0 Å². The fraction of sp³-hybridized carbons (Fsp3) is 1.00. The maximum absolute atomic E-state index is 8.88. The Morgan fingerprint density at radius 1 is 1.38 bits per heavy atom. The van der Waals surface area contributed by atoms with Crippen molar-refractivity contribution < 1.29 is 9.84 Å². The van der Waals surface area contributed by atoms with Crippen molar-refractivity contribution >= 4 is 0 Å². The Morgan fingerprint density at radius 2 is 2.19 bits per heavy atom. The highest BCUT2D eigenvalue weighted by molar-refractivity contribution is 4.88. The minimum atomic E-state index is 0.102. The Morgan fingerprint density at radius 3 is 3.00 bits per heavy atom. The molecule has 3 unspecified atom stereocenters. The van der Waals surface area contributed by atoms with Crippen LogP contribution in [0.25, 0.3) is 0 Å². The molecule has 0 aromatic carbocycles. The van der Waals surface area contributed by atoms with E-state index in [0.717, 1.165) is 19.7 Å². The van der Waals surface area contributed by atoms with Gasteiger partial charge < -0.3 is 15.6 Å². The van der Waals surface area contributed by atoms with Gasteiger partial charge in [-0.3, -0.25) is 4.90 Å². The summed E-state index contributed by atoms with van der Waals surface area (Å²) in [6.45, 7) is 2.94. The molecule has 0 bridgehead atoms. The summed E-state index contributed by atoms with van der Waals surface area (Å²) >= 11 is 0. The summed E-state index contributed by atoms with van der Waals surface area (Å²) in [6, 6.07) is 0.679.